The van der Waals surface area contributed by atoms with Crippen molar-refractivity contribution in [1.29, 1.82) is 0 Å². The number of carbonyl (C=O) groups is 3. The molecule has 1 saturated heterocycles. The molecule has 0 spiro atoms. The van der Waals surface area contributed by atoms with Gasteiger partial charge in [0, 0.05) is 18.9 Å². The van der Waals surface area contributed by atoms with E-state index in [1.54, 1.807) is 18.5 Å². The molecule has 1 aliphatic heterocycles. The van der Waals surface area contributed by atoms with Crippen LogP contribution >= 0.6 is 0 Å². The molecule has 1 aliphatic rings. The number of ether oxygens (including phenoxy) is 1. The van der Waals surface area contributed by atoms with Gasteiger partial charge in [-0.2, -0.15) is 0 Å². The highest BCUT2D eigenvalue weighted by Gasteiger charge is 2.26. The summed E-state index contributed by atoms with van der Waals surface area (Å²) in [6, 6.07) is 2.73. The summed E-state index contributed by atoms with van der Waals surface area (Å²) in [4.78, 5) is 40.1. The van der Waals surface area contributed by atoms with E-state index in [2.05, 4.69) is 20.9 Å². The van der Waals surface area contributed by atoms with Crippen LogP contribution in [0.4, 0.5) is 0 Å². The molecule has 8 nitrogen and oxygen atoms in total. The lowest BCUT2D eigenvalue weighted by atomic mass is 10.0. The Morgan fingerprint density at radius 3 is 2.92 bits per heavy atom. The maximum Gasteiger partial charge on any atom is 0.246 e. The molecular formula is C18H26N4O4. The number of amides is 3. The summed E-state index contributed by atoms with van der Waals surface area (Å²) >= 11 is 0. The average molecular weight is 362 g/mol. The van der Waals surface area contributed by atoms with Crippen molar-refractivity contribution in [3.63, 3.8) is 0 Å². The molecule has 0 bridgehead atoms. The van der Waals surface area contributed by atoms with E-state index < -0.39 is 6.04 Å². The van der Waals surface area contributed by atoms with Crippen LogP contribution in [0.15, 0.2) is 24.5 Å². The zero-order chi connectivity index (χ0) is 18.9. The van der Waals surface area contributed by atoms with Gasteiger partial charge in [0.05, 0.1) is 19.1 Å². The monoisotopic (exact) mass is 362 g/mol. The summed E-state index contributed by atoms with van der Waals surface area (Å²) in [5, 5.41) is 8.42. The number of rotatable bonds is 6. The molecule has 0 aliphatic carbocycles. The van der Waals surface area contributed by atoms with E-state index in [-0.39, 0.29) is 49.3 Å². The fourth-order valence-corrected chi connectivity index (χ4v) is 2.67. The standard InChI is InChI=1S/C18H26N4O4/c1-12(2)17(22-15(23)8-13-4-3-6-19-9-13)18(25)21-14-5-7-20-16(24)11-26-10-14/h3-4,6,9,12,14,17H,5,7-8,10-11H2,1-2H3,(H,20,24)(H,21,25)(H,22,23). The molecule has 1 aromatic heterocycles. The maximum atomic E-state index is 12.6. The molecule has 2 unspecified atom stereocenters. The van der Waals surface area contributed by atoms with Gasteiger partial charge in [-0.05, 0) is 24.0 Å². The Hall–Kier alpha value is -2.48. The van der Waals surface area contributed by atoms with Crippen LogP contribution in [0.1, 0.15) is 25.8 Å². The second kappa shape index (κ2) is 9.86. The molecule has 2 heterocycles. The van der Waals surface area contributed by atoms with Crippen LogP contribution in [0.25, 0.3) is 0 Å². The number of hydrogen-bond acceptors (Lipinski definition) is 5. The summed E-state index contributed by atoms with van der Waals surface area (Å²) in [6.07, 6.45) is 4.02. The van der Waals surface area contributed by atoms with Gasteiger partial charge < -0.3 is 20.7 Å². The van der Waals surface area contributed by atoms with E-state index in [9.17, 15) is 14.4 Å². The maximum absolute atomic E-state index is 12.6. The highest BCUT2D eigenvalue weighted by atomic mass is 16.5. The van der Waals surface area contributed by atoms with Crippen molar-refractivity contribution in [3.8, 4) is 0 Å². The normalized spacial score (nSPS) is 19.0. The summed E-state index contributed by atoms with van der Waals surface area (Å²) in [7, 11) is 0. The van der Waals surface area contributed by atoms with Gasteiger partial charge in [0.1, 0.15) is 12.6 Å². The Morgan fingerprint density at radius 2 is 2.23 bits per heavy atom. The summed E-state index contributed by atoms with van der Waals surface area (Å²) in [6.45, 7) is 4.50. The van der Waals surface area contributed by atoms with Crippen molar-refractivity contribution in [2.45, 2.75) is 38.8 Å². The smallest absolute Gasteiger partial charge is 0.246 e. The van der Waals surface area contributed by atoms with E-state index >= 15 is 0 Å². The molecule has 2 rings (SSSR count). The van der Waals surface area contributed by atoms with Crippen LogP contribution in [0.5, 0.6) is 0 Å². The fourth-order valence-electron chi connectivity index (χ4n) is 2.67. The molecule has 1 aromatic rings. The Bertz CT molecular complexity index is 609. The summed E-state index contributed by atoms with van der Waals surface area (Å²) in [5.74, 6) is -0.701. The number of pyridine rings is 1. The molecule has 142 valence electrons. The number of nitrogens with one attached hydrogen (secondary N) is 3. The van der Waals surface area contributed by atoms with Crippen molar-refractivity contribution in [3.05, 3.63) is 30.1 Å². The molecule has 0 radical (unpaired) electrons. The lowest BCUT2D eigenvalue weighted by Crippen LogP contribution is -2.54. The molecular weight excluding hydrogens is 336 g/mol. The fraction of sp³-hybridized carbons (Fsp3) is 0.556. The number of nitrogens with zero attached hydrogens (tertiary/aromatic N) is 1. The first kappa shape index (κ1) is 19.8. The van der Waals surface area contributed by atoms with Crippen LogP contribution in [-0.2, 0) is 25.5 Å². The molecule has 3 amide bonds. The summed E-state index contributed by atoms with van der Waals surface area (Å²) < 4.78 is 5.28. The molecule has 3 N–H and O–H groups in total. The van der Waals surface area contributed by atoms with Gasteiger partial charge in [0.25, 0.3) is 0 Å². The van der Waals surface area contributed by atoms with Crippen LogP contribution in [0, 0.1) is 5.92 Å². The second-order valence-electron chi connectivity index (χ2n) is 6.69. The van der Waals surface area contributed by atoms with Crippen LogP contribution in [0.3, 0.4) is 0 Å². The zero-order valence-electron chi connectivity index (χ0n) is 15.2. The Balaban J connectivity index is 1.89. The van der Waals surface area contributed by atoms with Crippen molar-refractivity contribution in [2.24, 2.45) is 5.92 Å². The molecule has 2 atom stereocenters. The van der Waals surface area contributed by atoms with Gasteiger partial charge in [-0.1, -0.05) is 19.9 Å². The molecule has 8 heteroatoms. The predicted octanol–water partition coefficient (Wildman–Crippen LogP) is -0.214. The lowest BCUT2D eigenvalue weighted by Gasteiger charge is -2.26. The molecule has 0 aromatic carbocycles. The van der Waals surface area contributed by atoms with Gasteiger partial charge in [0.2, 0.25) is 17.7 Å². The van der Waals surface area contributed by atoms with Gasteiger partial charge in [-0.3, -0.25) is 19.4 Å². The quantitative estimate of drug-likeness (QED) is 0.649. The van der Waals surface area contributed by atoms with Crippen molar-refractivity contribution >= 4 is 17.7 Å². The van der Waals surface area contributed by atoms with Gasteiger partial charge in [-0.15, -0.1) is 0 Å². The third kappa shape index (κ3) is 6.44. The molecule has 26 heavy (non-hydrogen) atoms. The second-order valence-corrected chi connectivity index (χ2v) is 6.69. The van der Waals surface area contributed by atoms with E-state index in [1.165, 1.54) is 0 Å². The van der Waals surface area contributed by atoms with E-state index in [0.29, 0.717) is 13.0 Å². The van der Waals surface area contributed by atoms with Gasteiger partial charge >= 0.3 is 0 Å². The van der Waals surface area contributed by atoms with Crippen LogP contribution in [-0.4, -0.2) is 54.5 Å². The third-order valence-electron chi connectivity index (χ3n) is 4.07. The van der Waals surface area contributed by atoms with Crippen LogP contribution < -0.4 is 16.0 Å². The minimum Gasteiger partial charge on any atom is -0.370 e. The number of carbonyl (C=O) groups excluding carboxylic acids is 3. The van der Waals surface area contributed by atoms with Gasteiger partial charge in [-0.25, -0.2) is 0 Å². The first-order valence-electron chi connectivity index (χ1n) is 8.78. The minimum atomic E-state index is -0.640. The molecule has 1 fully saturated rings. The largest absolute Gasteiger partial charge is 0.370 e. The van der Waals surface area contributed by atoms with Gasteiger partial charge in [0.15, 0.2) is 0 Å². The van der Waals surface area contributed by atoms with Crippen molar-refractivity contribution < 1.29 is 19.1 Å². The van der Waals surface area contributed by atoms with Crippen molar-refractivity contribution in [2.75, 3.05) is 19.8 Å². The topological polar surface area (TPSA) is 109 Å². The zero-order valence-corrected chi connectivity index (χ0v) is 15.2. The first-order chi connectivity index (χ1) is 12.5. The first-order valence-corrected chi connectivity index (χ1v) is 8.78. The highest BCUT2D eigenvalue weighted by molar-refractivity contribution is 5.88. The predicted molar refractivity (Wildman–Crippen MR) is 95.1 cm³/mol. The number of hydrogen-bond donors (Lipinski definition) is 3. The van der Waals surface area contributed by atoms with E-state index in [1.807, 2.05) is 19.9 Å². The minimum absolute atomic E-state index is 0.0121. The van der Waals surface area contributed by atoms with E-state index in [4.69, 9.17) is 4.74 Å². The molecule has 0 saturated carbocycles. The van der Waals surface area contributed by atoms with Crippen molar-refractivity contribution in [1.82, 2.24) is 20.9 Å². The average Bonchev–Trinajstić information content (AvgIpc) is 2.58. The highest BCUT2D eigenvalue weighted by Crippen LogP contribution is 2.06. The Kier molecular flexibility index (Phi) is 7.53. The third-order valence-corrected chi connectivity index (χ3v) is 4.07. The Labute approximate surface area is 153 Å². The number of aromatic nitrogens is 1. The Morgan fingerprint density at radius 1 is 1.42 bits per heavy atom. The summed E-state index contributed by atoms with van der Waals surface area (Å²) in [5.41, 5.74) is 0.789. The lowest BCUT2D eigenvalue weighted by molar-refractivity contribution is -0.131. The van der Waals surface area contributed by atoms with E-state index in [0.717, 1.165) is 5.56 Å². The SMILES string of the molecule is CC(C)C(NC(=O)Cc1cccnc1)C(=O)NC1CCNC(=O)COC1. The van der Waals surface area contributed by atoms with Crippen LogP contribution in [0.2, 0.25) is 0 Å².